The third-order valence-electron chi connectivity index (χ3n) is 10.8. The number of aromatic nitrogens is 1. The number of thiophene rings is 1. The fraction of sp³-hybridized carbons (Fsp3) is 0. The lowest BCUT2D eigenvalue weighted by atomic mass is 9.98. The van der Waals surface area contributed by atoms with Crippen molar-refractivity contribution in [3.05, 3.63) is 194 Å². The highest BCUT2D eigenvalue weighted by Gasteiger charge is 2.21. The smallest absolute Gasteiger partial charge is 0.0640 e. The zero-order valence-electron chi connectivity index (χ0n) is 28.8. The van der Waals surface area contributed by atoms with Crippen molar-refractivity contribution in [2.24, 2.45) is 0 Å². The van der Waals surface area contributed by atoms with Crippen LogP contribution in [0.2, 0.25) is 0 Å². The summed E-state index contributed by atoms with van der Waals surface area (Å²) in [7, 11) is 0. The summed E-state index contributed by atoms with van der Waals surface area (Å²) in [6, 6.07) is 70.9. The zero-order chi connectivity index (χ0) is 34.9. The van der Waals surface area contributed by atoms with E-state index >= 15 is 0 Å². The van der Waals surface area contributed by atoms with E-state index < -0.39 is 0 Å². The largest absolute Gasteiger partial charge is 0.309 e. The molecule has 0 aliphatic heterocycles. The lowest BCUT2D eigenvalue weighted by molar-refractivity contribution is 1.18. The Morgan fingerprint density at radius 2 is 1.02 bits per heavy atom. The molecule has 0 aliphatic rings. The number of rotatable bonds is 5. The standard InChI is InChI=1S/C50H32N2S/c1-2-14-36(15-3-1)51-45-22-10-8-19-41(45)44-31-34(27-30-46(44)51)33-25-28-37(29-26-33)52(47-23-12-21-43-42-20-9-11-24-49(42)53-50(43)47)48-32-35-13-4-5-16-38(35)39-17-6-7-18-40(39)48/h1-32H. The fourth-order valence-corrected chi connectivity index (χ4v) is 9.55. The maximum atomic E-state index is 2.48. The Balaban J connectivity index is 1.11. The van der Waals surface area contributed by atoms with Gasteiger partial charge in [0.25, 0.3) is 0 Å². The summed E-state index contributed by atoms with van der Waals surface area (Å²) in [5.74, 6) is 0. The van der Waals surface area contributed by atoms with Crippen molar-refractivity contribution in [2.75, 3.05) is 4.90 Å². The minimum absolute atomic E-state index is 1.13. The van der Waals surface area contributed by atoms with Gasteiger partial charge in [0, 0.05) is 43.0 Å². The van der Waals surface area contributed by atoms with Gasteiger partial charge in [-0.2, -0.15) is 0 Å². The first-order valence-electron chi connectivity index (χ1n) is 18.1. The van der Waals surface area contributed by atoms with E-state index in [4.69, 9.17) is 0 Å². The Kier molecular flexibility index (Phi) is 6.76. The van der Waals surface area contributed by atoms with Crippen molar-refractivity contribution < 1.29 is 0 Å². The molecule has 9 aromatic carbocycles. The van der Waals surface area contributed by atoms with E-state index in [1.165, 1.54) is 91.7 Å². The molecule has 0 saturated heterocycles. The number of para-hydroxylation sites is 2. The quantitative estimate of drug-likeness (QED) is 0.163. The van der Waals surface area contributed by atoms with Crippen LogP contribution in [0.4, 0.5) is 17.1 Å². The second-order valence-corrected chi connectivity index (χ2v) is 14.8. The van der Waals surface area contributed by atoms with Crippen LogP contribution in [0.15, 0.2) is 194 Å². The Hall–Kier alpha value is -6.68. The van der Waals surface area contributed by atoms with Gasteiger partial charge < -0.3 is 9.47 Å². The van der Waals surface area contributed by atoms with Crippen molar-refractivity contribution >= 4 is 91.9 Å². The van der Waals surface area contributed by atoms with Gasteiger partial charge in [-0.1, -0.05) is 133 Å². The van der Waals surface area contributed by atoms with Crippen molar-refractivity contribution in [1.29, 1.82) is 0 Å². The molecule has 3 heteroatoms. The predicted molar refractivity (Wildman–Crippen MR) is 229 cm³/mol. The molecule has 2 heterocycles. The fourth-order valence-electron chi connectivity index (χ4n) is 8.35. The lowest BCUT2D eigenvalue weighted by Gasteiger charge is -2.28. The van der Waals surface area contributed by atoms with E-state index in [0.717, 1.165) is 5.69 Å². The molecule has 0 atom stereocenters. The summed E-state index contributed by atoms with van der Waals surface area (Å²) in [5.41, 5.74) is 9.48. The van der Waals surface area contributed by atoms with E-state index in [-0.39, 0.29) is 0 Å². The zero-order valence-corrected chi connectivity index (χ0v) is 29.6. The van der Waals surface area contributed by atoms with Crippen LogP contribution in [0.3, 0.4) is 0 Å². The summed E-state index contributed by atoms with van der Waals surface area (Å²) >= 11 is 1.87. The Morgan fingerprint density at radius 3 is 1.87 bits per heavy atom. The second-order valence-electron chi connectivity index (χ2n) is 13.7. The molecular weight excluding hydrogens is 661 g/mol. The van der Waals surface area contributed by atoms with Gasteiger partial charge in [-0.05, 0) is 87.9 Å². The van der Waals surface area contributed by atoms with Crippen LogP contribution in [0.1, 0.15) is 0 Å². The van der Waals surface area contributed by atoms with E-state index in [0.29, 0.717) is 0 Å². The average Bonchev–Trinajstić information content (AvgIpc) is 3.78. The summed E-state index contributed by atoms with van der Waals surface area (Å²) in [6.07, 6.45) is 0. The van der Waals surface area contributed by atoms with E-state index in [1.54, 1.807) is 0 Å². The van der Waals surface area contributed by atoms with Crippen molar-refractivity contribution in [1.82, 2.24) is 4.57 Å². The molecule has 0 saturated carbocycles. The first-order valence-corrected chi connectivity index (χ1v) is 18.9. The van der Waals surface area contributed by atoms with Crippen LogP contribution >= 0.6 is 11.3 Å². The van der Waals surface area contributed by atoms with Gasteiger partial charge in [0.15, 0.2) is 0 Å². The first-order chi connectivity index (χ1) is 26.3. The molecular formula is C50H32N2S. The number of anilines is 3. The summed E-state index contributed by atoms with van der Waals surface area (Å²) < 4.78 is 4.96. The van der Waals surface area contributed by atoms with Crippen LogP contribution < -0.4 is 4.90 Å². The van der Waals surface area contributed by atoms with Gasteiger partial charge in [-0.15, -0.1) is 11.3 Å². The second kappa shape index (κ2) is 11.9. The molecule has 53 heavy (non-hydrogen) atoms. The van der Waals surface area contributed by atoms with E-state index in [1.807, 2.05) is 11.3 Å². The molecule has 11 rings (SSSR count). The number of benzene rings is 9. The molecule has 248 valence electrons. The van der Waals surface area contributed by atoms with Crippen LogP contribution in [0.5, 0.6) is 0 Å². The summed E-state index contributed by atoms with van der Waals surface area (Å²) in [5, 5.41) is 10.1. The van der Waals surface area contributed by atoms with Gasteiger partial charge in [0.05, 0.1) is 27.1 Å². The highest BCUT2D eigenvalue weighted by atomic mass is 32.1. The monoisotopic (exact) mass is 692 g/mol. The number of fused-ring (bicyclic) bond motifs is 9. The molecule has 0 N–H and O–H groups in total. The molecule has 0 fully saturated rings. The third-order valence-corrected chi connectivity index (χ3v) is 12.0. The molecule has 2 aromatic heterocycles. The average molecular weight is 693 g/mol. The number of hydrogen-bond acceptors (Lipinski definition) is 2. The predicted octanol–water partition coefficient (Wildman–Crippen LogP) is 14.6. The lowest BCUT2D eigenvalue weighted by Crippen LogP contribution is -2.10. The van der Waals surface area contributed by atoms with Crippen molar-refractivity contribution in [3.63, 3.8) is 0 Å². The van der Waals surface area contributed by atoms with E-state index in [2.05, 4.69) is 204 Å². The Bertz CT molecular complexity index is 3170. The molecule has 0 aliphatic carbocycles. The van der Waals surface area contributed by atoms with Gasteiger partial charge >= 0.3 is 0 Å². The molecule has 2 nitrogen and oxygen atoms in total. The minimum atomic E-state index is 1.13. The minimum Gasteiger partial charge on any atom is -0.309 e. The molecule has 0 bridgehead atoms. The van der Waals surface area contributed by atoms with Crippen LogP contribution in [0.25, 0.3) is 80.3 Å². The SMILES string of the molecule is c1ccc(-n2c3ccccc3c3cc(-c4ccc(N(c5cc6ccccc6c6ccccc56)c5cccc6c5sc5ccccc56)cc4)ccc32)cc1. The maximum absolute atomic E-state index is 2.48. The van der Waals surface area contributed by atoms with Gasteiger partial charge in [0.1, 0.15) is 0 Å². The van der Waals surface area contributed by atoms with Gasteiger partial charge in [-0.25, -0.2) is 0 Å². The topological polar surface area (TPSA) is 8.17 Å². The highest BCUT2D eigenvalue weighted by Crippen LogP contribution is 2.48. The Labute approximate surface area is 311 Å². The van der Waals surface area contributed by atoms with Crippen LogP contribution in [-0.4, -0.2) is 4.57 Å². The van der Waals surface area contributed by atoms with Gasteiger partial charge in [-0.3, -0.25) is 0 Å². The van der Waals surface area contributed by atoms with Crippen molar-refractivity contribution in [2.45, 2.75) is 0 Å². The number of hydrogen-bond donors (Lipinski definition) is 0. The maximum Gasteiger partial charge on any atom is 0.0640 e. The van der Waals surface area contributed by atoms with E-state index in [9.17, 15) is 0 Å². The molecule has 0 amide bonds. The first kappa shape index (κ1) is 30.0. The number of nitrogens with zero attached hydrogens (tertiary/aromatic N) is 2. The Morgan fingerprint density at radius 1 is 0.377 bits per heavy atom. The molecule has 0 spiro atoms. The molecule has 11 aromatic rings. The molecule has 0 unspecified atom stereocenters. The third kappa shape index (κ3) is 4.71. The van der Waals surface area contributed by atoms with Crippen LogP contribution in [-0.2, 0) is 0 Å². The van der Waals surface area contributed by atoms with Crippen LogP contribution in [0, 0.1) is 0 Å². The molecule has 0 radical (unpaired) electrons. The normalized spacial score (nSPS) is 11.8. The summed E-state index contributed by atoms with van der Waals surface area (Å²) in [4.78, 5) is 2.48. The van der Waals surface area contributed by atoms with Crippen molar-refractivity contribution in [3.8, 4) is 16.8 Å². The summed E-state index contributed by atoms with van der Waals surface area (Å²) in [6.45, 7) is 0. The van der Waals surface area contributed by atoms with Gasteiger partial charge in [0.2, 0.25) is 0 Å². The highest BCUT2D eigenvalue weighted by molar-refractivity contribution is 7.26.